The van der Waals surface area contributed by atoms with Crippen molar-refractivity contribution in [1.29, 1.82) is 0 Å². The first-order valence-electron chi connectivity index (χ1n) is 10.5. The lowest BCUT2D eigenvalue weighted by Gasteiger charge is -2.08. The van der Waals surface area contributed by atoms with Crippen LogP contribution >= 0.6 is 0 Å². The van der Waals surface area contributed by atoms with Gasteiger partial charge in [0.25, 0.3) is 0 Å². The third-order valence-corrected chi connectivity index (χ3v) is 4.86. The number of rotatable bonds is 8. The van der Waals surface area contributed by atoms with Crippen LogP contribution in [0.25, 0.3) is 11.1 Å². The van der Waals surface area contributed by atoms with Crippen LogP contribution in [0.5, 0.6) is 11.5 Å². The Hall–Kier alpha value is -4.38. The molecular weight excluding hydrogens is 416 g/mol. The molecule has 0 atom stereocenters. The van der Waals surface area contributed by atoms with E-state index in [0.29, 0.717) is 16.9 Å². The van der Waals surface area contributed by atoms with Crippen LogP contribution in [0.2, 0.25) is 0 Å². The third-order valence-electron chi connectivity index (χ3n) is 4.86. The summed E-state index contributed by atoms with van der Waals surface area (Å²) >= 11 is 0. The van der Waals surface area contributed by atoms with E-state index in [2.05, 4.69) is 0 Å². The van der Waals surface area contributed by atoms with E-state index in [1.807, 2.05) is 72.8 Å². The fourth-order valence-corrected chi connectivity index (χ4v) is 3.15. The molecule has 0 radical (unpaired) electrons. The first kappa shape index (κ1) is 21.8. The van der Waals surface area contributed by atoms with Gasteiger partial charge in [-0.25, -0.2) is 9.59 Å². The van der Waals surface area contributed by atoms with Crippen molar-refractivity contribution in [2.24, 2.45) is 0 Å². The highest BCUT2D eigenvalue weighted by Gasteiger charge is 2.11. The van der Waals surface area contributed by atoms with E-state index < -0.39 is 11.9 Å². The fourth-order valence-electron chi connectivity index (χ4n) is 3.15. The molecule has 0 saturated carbocycles. The Morgan fingerprint density at radius 1 is 0.515 bits per heavy atom. The molecule has 5 nitrogen and oxygen atoms in total. The van der Waals surface area contributed by atoms with Crippen molar-refractivity contribution < 1.29 is 23.8 Å². The predicted molar refractivity (Wildman–Crippen MR) is 125 cm³/mol. The van der Waals surface area contributed by atoms with E-state index in [0.717, 1.165) is 16.9 Å². The van der Waals surface area contributed by atoms with Crippen molar-refractivity contribution in [3.63, 3.8) is 0 Å². The van der Waals surface area contributed by atoms with Crippen molar-refractivity contribution in [1.82, 2.24) is 0 Å². The molecule has 0 aliphatic heterocycles. The maximum Gasteiger partial charge on any atom is 0.343 e. The summed E-state index contributed by atoms with van der Waals surface area (Å²) in [6.07, 6.45) is 0. The quantitative estimate of drug-likeness (QED) is 0.197. The molecule has 0 amide bonds. The number of ether oxygens (including phenoxy) is 3. The summed E-state index contributed by atoms with van der Waals surface area (Å²) in [7, 11) is 0. The molecular formula is C28H22O5. The summed E-state index contributed by atoms with van der Waals surface area (Å²) < 4.78 is 16.1. The van der Waals surface area contributed by atoms with Crippen LogP contribution in [0.3, 0.4) is 0 Å². The molecule has 0 saturated heterocycles. The van der Waals surface area contributed by atoms with E-state index in [9.17, 15) is 9.59 Å². The molecule has 0 aliphatic rings. The summed E-state index contributed by atoms with van der Waals surface area (Å²) in [5, 5.41) is 0. The van der Waals surface area contributed by atoms with Crippen molar-refractivity contribution in [3.8, 4) is 22.6 Å². The van der Waals surface area contributed by atoms with Gasteiger partial charge in [-0.1, -0.05) is 60.7 Å². The van der Waals surface area contributed by atoms with Crippen LogP contribution in [-0.2, 0) is 4.74 Å². The monoisotopic (exact) mass is 438 g/mol. The first-order chi connectivity index (χ1) is 16.2. The van der Waals surface area contributed by atoms with Gasteiger partial charge in [0.15, 0.2) is 0 Å². The van der Waals surface area contributed by atoms with Gasteiger partial charge in [-0.3, -0.25) is 0 Å². The molecule has 4 rings (SSSR count). The minimum atomic E-state index is -0.471. The van der Waals surface area contributed by atoms with Crippen LogP contribution in [0.1, 0.15) is 20.7 Å². The number of benzene rings is 4. The molecule has 0 aliphatic carbocycles. The van der Waals surface area contributed by atoms with Gasteiger partial charge in [-0.15, -0.1) is 0 Å². The Morgan fingerprint density at radius 3 is 1.73 bits per heavy atom. The third kappa shape index (κ3) is 6.08. The fraction of sp³-hybridized carbons (Fsp3) is 0.0714. The van der Waals surface area contributed by atoms with Gasteiger partial charge >= 0.3 is 11.9 Å². The molecule has 0 heterocycles. The zero-order valence-electron chi connectivity index (χ0n) is 17.8. The lowest BCUT2D eigenvalue weighted by Crippen LogP contribution is -2.12. The lowest BCUT2D eigenvalue weighted by molar-refractivity contribution is 0.0450. The van der Waals surface area contributed by atoms with Gasteiger partial charge < -0.3 is 14.2 Å². The second-order valence-electron chi connectivity index (χ2n) is 7.15. The van der Waals surface area contributed by atoms with Gasteiger partial charge in [-0.05, 0) is 59.7 Å². The minimum absolute atomic E-state index is 0.128. The molecule has 0 N–H and O–H groups in total. The number of hydrogen-bond acceptors (Lipinski definition) is 5. The smallest absolute Gasteiger partial charge is 0.343 e. The van der Waals surface area contributed by atoms with E-state index in [1.54, 1.807) is 36.4 Å². The van der Waals surface area contributed by atoms with Gasteiger partial charge in [0.2, 0.25) is 0 Å². The van der Waals surface area contributed by atoms with E-state index >= 15 is 0 Å². The van der Waals surface area contributed by atoms with E-state index in [-0.39, 0.29) is 13.2 Å². The normalized spacial score (nSPS) is 10.3. The first-order valence-corrected chi connectivity index (χ1v) is 10.5. The Bertz CT molecular complexity index is 1180. The van der Waals surface area contributed by atoms with Gasteiger partial charge in [0, 0.05) is 0 Å². The molecule has 0 spiro atoms. The molecule has 4 aromatic rings. The molecule has 0 bridgehead atoms. The molecule has 0 aromatic heterocycles. The van der Waals surface area contributed by atoms with Crippen molar-refractivity contribution in [2.75, 3.05) is 13.2 Å². The zero-order chi connectivity index (χ0) is 22.9. The summed E-state index contributed by atoms with van der Waals surface area (Å²) in [4.78, 5) is 24.6. The van der Waals surface area contributed by atoms with Gasteiger partial charge in [0.1, 0.15) is 24.7 Å². The molecule has 33 heavy (non-hydrogen) atoms. The number of carbonyl (C=O) groups excluding carboxylic acids is 2. The number of carbonyl (C=O) groups is 2. The van der Waals surface area contributed by atoms with Crippen LogP contribution in [0, 0.1) is 0 Å². The van der Waals surface area contributed by atoms with Crippen LogP contribution < -0.4 is 9.47 Å². The standard InChI is InChI=1S/C28H22O5/c29-27(32-20-19-31-25-9-5-2-6-10-25)23-15-17-26(18-16-23)33-28(30)24-13-11-22(12-14-24)21-7-3-1-4-8-21/h1-18H,19-20H2. The Labute approximate surface area is 192 Å². The van der Waals surface area contributed by atoms with E-state index in [4.69, 9.17) is 14.2 Å². The minimum Gasteiger partial charge on any atom is -0.490 e. The zero-order valence-corrected chi connectivity index (χ0v) is 17.8. The summed E-state index contributed by atoms with van der Waals surface area (Å²) in [6.45, 7) is 0.387. The summed E-state index contributed by atoms with van der Waals surface area (Å²) in [5.41, 5.74) is 2.90. The average molecular weight is 438 g/mol. The second-order valence-corrected chi connectivity index (χ2v) is 7.15. The Balaban J connectivity index is 1.27. The summed E-state index contributed by atoms with van der Waals surface area (Å²) in [6, 6.07) is 32.7. The van der Waals surface area contributed by atoms with Crippen LogP contribution in [0.15, 0.2) is 109 Å². The number of esters is 2. The van der Waals surface area contributed by atoms with Crippen LogP contribution in [-0.4, -0.2) is 25.2 Å². The number of para-hydroxylation sites is 1. The van der Waals surface area contributed by atoms with Crippen molar-refractivity contribution >= 4 is 11.9 Å². The molecule has 5 heteroatoms. The second kappa shape index (κ2) is 10.8. The highest BCUT2D eigenvalue weighted by atomic mass is 16.6. The van der Waals surface area contributed by atoms with Crippen LogP contribution in [0.4, 0.5) is 0 Å². The largest absolute Gasteiger partial charge is 0.490 e. The Morgan fingerprint density at radius 2 is 1.06 bits per heavy atom. The lowest BCUT2D eigenvalue weighted by atomic mass is 10.0. The summed E-state index contributed by atoms with van der Waals surface area (Å²) in [5.74, 6) is 0.120. The SMILES string of the molecule is O=C(OCCOc1ccccc1)c1ccc(OC(=O)c2ccc(-c3ccccc3)cc2)cc1. The maximum absolute atomic E-state index is 12.4. The maximum atomic E-state index is 12.4. The topological polar surface area (TPSA) is 61.8 Å². The number of hydrogen-bond donors (Lipinski definition) is 0. The van der Waals surface area contributed by atoms with Crippen molar-refractivity contribution in [3.05, 3.63) is 120 Å². The highest BCUT2D eigenvalue weighted by Crippen LogP contribution is 2.20. The van der Waals surface area contributed by atoms with Gasteiger partial charge in [0.05, 0.1) is 11.1 Å². The van der Waals surface area contributed by atoms with E-state index in [1.165, 1.54) is 0 Å². The van der Waals surface area contributed by atoms with Gasteiger partial charge in [-0.2, -0.15) is 0 Å². The highest BCUT2D eigenvalue weighted by molar-refractivity contribution is 5.92. The predicted octanol–water partition coefficient (Wildman–Crippen LogP) is 5.81. The Kier molecular flexibility index (Phi) is 7.13. The average Bonchev–Trinajstić information content (AvgIpc) is 2.88. The molecule has 4 aromatic carbocycles. The van der Waals surface area contributed by atoms with Crippen molar-refractivity contribution in [2.45, 2.75) is 0 Å². The molecule has 0 unspecified atom stereocenters. The molecule has 164 valence electrons. The molecule has 0 fully saturated rings.